The van der Waals surface area contributed by atoms with Crippen LogP contribution in [-0.2, 0) is 16.1 Å². The van der Waals surface area contributed by atoms with Gasteiger partial charge in [-0.05, 0) is 36.8 Å². The van der Waals surface area contributed by atoms with E-state index in [2.05, 4.69) is 0 Å². The van der Waals surface area contributed by atoms with E-state index >= 15 is 0 Å². The molecule has 0 N–H and O–H groups in total. The summed E-state index contributed by atoms with van der Waals surface area (Å²) in [4.78, 5) is 28.0. The second-order valence-electron chi connectivity index (χ2n) is 6.38. The zero-order valence-electron chi connectivity index (χ0n) is 15.7. The molecule has 0 fully saturated rings. The van der Waals surface area contributed by atoms with Gasteiger partial charge in [0.2, 0.25) is 5.91 Å². The number of ether oxygens (including phenoxy) is 2. The molecule has 0 atom stereocenters. The second kappa shape index (κ2) is 8.58. The van der Waals surface area contributed by atoms with Crippen molar-refractivity contribution in [2.45, 2.75) is 19.9 Å². The molecule has 0 radical (unpaired) electrons. The molecule has 0 spiro atoms. The molecule has 1 aliphatic rings. The summed E-state index contributed by atoms with van der Waals surface area (Å²) >= 11 is 0. The van der Waals surface area contributed by atoms with E-state index in [0.29, 0.717) is 25.4 Å². The van der Waals surface area contributed by atoms with Crippen LogP contribution < -0.4 is 14.4 Å². The first-order chi connectivity index (χ1) is 13.1. The largest absolute Gasteiger partial charge is 0.494 e. The molecule has 6 nitrogen and oxygen atoms in total. The topological polar surface area (TPSA) is 59.1 Å². The van der Waals surface area contributed by atoms with Gasteiger partial charge in [-0.2, -0.15) is 0 Å². The molecule has 27 heavy (non-hydrogen) atoms. The standard InChI is InChI=1S/C21H24N2O4/c1-3-26-17-10-8-16(9-11-17)14-22(2)20(24)12-13-23-18-6-4-5-7-19(18)27-15-21(23)25/h4-11H,3,12-15H2,1-2H3. The molecule has 0 aliphatic carbocycles. The predicted octanol–water partition coefficient (Wildman–Crippen LogP) is 2.86. The first-order valence-electron chi connectivity index (χ1n) is 9.06. The maximum absolute atomic E-state index is 12.5. The van der Waals surface area contributed by atoms with Crippen LogP contribution in [0.1, 0.15) is 18.9 Å². The number of carbonyl (C=O) groups excluding carboxylic acids is 2. The van der Waals surface area contributed by atoms with Gasteiger partial charge in [0.05, 0.1) is 12.3 Å². The van der Waals surface area contributed by atoms with Crippen molar-refractivity contribution in [1.29, 1.82) is 0 Å². The Kier molecular flexibility index (Phi) is 5.96. The maximum atomic E-state index is 12.5. The van der Waals surface area contributed by atoms with Crippen molar-refractivity contribution < 1.29 is 19.1 Å². The highest BCUT2D eigenvalue weighted by Crippen LogP contribution is 2.31. The summed E-state index contributed by atoms with van der Waals surface area (Å²) in [7, 11) is 1.77. The molecule has 142 valence electrons. The minimum absolute atomic E-state index is 0.00717. The molecule has 1 heterocycles. The van der Waals surface area contributed by atoms with E-state index in [1.54, 1.807) is 16.8 Å². The Bertz CT molecular complexity index is 804. The third-order valence-corrected chi connectivity index (χ3v) is 4.44. The van der Waals surface area contributed by atoms with Gasteiger partial charge in [0.15, 0.2) is 6.61 Å². The van der Waals surface area contributed by atoms with Crippen molar-refractivity contribution in [3.63, 3.8) is 0 Å². The maximum Gasteiger partial charge on any atom is 0.265 e. The molecule has 2 aromatic rings. The van der Waals surface area contributed by atoms with Crippen LogP contribution in [0.4, 0.5) is 5.69 Å². The van der Waals surface area contributed by atoms with Crippen LogP contribution in [0.3, 0.4) is 0 Å². The summed E-state index contributed by atoms with van der Waals surface area (Å²) in [6.07, 6.45) is 0.258. The van der Waals surface area contributed by atoms with Gasteiger partial charge in [-0.1, -0.05) is 24.3 Å². The lowest BCUT2D eigenvalue weighted by Gasteiger charge is -2.29. The number of carbonyl (C=O) groups is 2. The van der Waals surface area contributed by atoms with E-state index in [9.17, 15) is 9.59 Å². The van der Waals surface area contributed by atoms with Gasteiger partial charge in [0.1, 0.15) is 11.5 Å². The molecule has 0 saturated carbocycles. The summed E-state index contributed by atoms with van der Waals surface area (Å²) in [5.41, 5.74) is 1.75. The fourth-order valence-corrected chi connectivity index (χ4v) is 3.02. The van der Waals surface area contributed by atoms with E-state index in [4.69, 9.17) is 9.47 Å². The van der Waals surface area contributed by atoms with E-state index in [0.717, 1.165) is 17.0 Å². The van der Waals surface area contributed by atoms with Gasteiger partial charge in [0.25, 0.3) is 5.91 Å². The van der Waals surface area contributed by atoms with Crippen molar-refractivity contribution in [1.82, 2.24) is 4.90 Å². The Labute approximate surface area is 159 Å². The highest BCUT2D eigenvalue weighted by atomic mass is 16.5. The van der Waals surface area contributed by atoms with Crippen LogP contribution in [-0.4, -0.2) is 43.5 Å². The minimum Gasteiger partial charge on any atom is -0.494 e. The zero-order chi connectivity index (χ0) is 19.2. The minimum atomic E-state index is -0.129. The average molecular weight is 368 g/mol. The lowest BCUT2D eigenvalue weighted by atomic mass is 10.2. The molecule has 0 aromatic heterocycles. The normalized spacial score (nSPS) is 13.0. The van der Waals surface area contributed by atoms with E-state index in [-0.39, 0.29) is 24.8 Å². The molecule has 0 unspecified atom stereocenters. The average Bonchev–Trinajstić information content (AvgIpc) is 2.68. The zero-order valence-corrected chi connectivity index (χ0v) is 15.7. The Morgan fingerprint density at radius 1 is 1.19 bits per heavy atom. The van der Waals surface area contributed by atoms with E-state index in [1.165, 1.54) is 0 Å². The molecule has 6 heteroatoms. The van der Waals surface area contributed by atoms with Gasteiger partial charge < -0.3 is 19.3 Å². The molecule has 1 aliphatic heterocycles. The molecule has 0 saturated heterocycles. The predicted molar refractivity (Wildman–Crippen MR) is 103 cm³/mol. The summed E-state index contributed by atoms with van der Waals surface area (Å²) in [6.45, 7) is 3.43. The number of hydrogen-bond donors (Lipinski definition) is 0. The van der Waals surface area contributed by atoms with Crippen molar-refractivity contribution in [2.24, 2.45) is 0 Å². The van der Waals surface area contributed by atoms with Gasteiger partial charge in [-0.15, -0.1) is 0 Å². The Hall–Kier alpha value is -3.02. The summed E-state index contributed by atoms with van der Waals surface area (Å²) < 4.78 is 10.9. The lowest BCUT2D eigenvalue weighted by Crippen LogP contribution is -2.41. The fourth-order valence-electron chi connectivity index (χ4n) is 3.02. The first kappa shape index (κ1) is 18.8. The number of amides is 2. The number of benzene rings is 2. The summed E-state index contributed by atoms with van der Waals surface area (Å²) in [5, 5.41) is 0. The van der Waals surface area contributed by atoms with Crippen LogP contribution in [0.25, 0.3) is 0 Å². The fraction of sp³-hybridized carbons (Fsp3) is 0.333. The molecular weight excluding hydrogens is 344 g/mol. The van der Waals surface area contributed by atoms with Crippen LogP contribution in [0.2, 0.25) is 0 Å². The number of hydrogen-bond acceptors (Lipinski definition) is 4. The Morgan fingerprint density at radius 2 is 1.93 bits per heavy atom. The Morgan fingerprint density at radius 3 is 2.67 bits per heavy atom. The third-order valence-electron chi connectivity index (χ3n) is 4.44. The van der Waals surface area contributed by atoms with Crippen LogP contribution in [0.5, 0.6) is 11.5 Å². The van der Waals surface area contributed by atoms with Gasteiger partial charge in [-0.3, -0.25) is 9.59 Å². The van der Waals surface area contributed by atoms with Crippen molar-refractivity contribution in [3.8, 4) is 11.5 Å². The Balaban J connectivity index is 1.56. The van der Waals surface area contributed by atoms with Crippen molar-refractivity contribution >= 4 is 17.5 Å². The van der Waals surface area contributed by atoms with Crippen LogP contribution in [0.15, 0.2) is 48.5 Å². The summed E-state index contributed by atoms with van der Waals surface area (Å²) in [5.74, 6) is 1.35. The number of rotatable bonds is 7. The van der Waals surface area contributed by atoms with Crippen LogP contribution >= 0.6 is 0 Å². The second-order valence-corrected chi connectivity index (χ2v) is 6.38. The van der Waals surface area contributed by atoms with Gasteiger partial charge in [0, 0.05) is 26.6 Å². The molecule has 0 bridgehead atoms. The van der Waals surface area contributed by atoms with Crippen LogP contribution in [0, 0.1) is 0 Å². The van der Waals surface area contributed by atoms with Gasteiger partial charge in [-0.25, -0.2) is 0 Å². The SMILES string of the molecule is CCOc1ccc(CN(C)C(=O)CCN2C(=O)COc3ccccc32)cc1. The highest BCUT2D eigenvalue weighted by Gasteiger charge is 2.25. The van der Waals surface area contributed by atoms with Crippen molar-refractivity contribution in [3.05, 3.63) is 54.1 Å². The molecule has 2 amide bonds. The van der Waals surface area contributed by atoms with Crippen molar-refractivity contribution in [2.75, 3.05) is 31.7 Å². The number of fused-ring (bicyclic) bond motifs is 1. The number of anilines is 1. The molecule has 3 rings (SSSR count). The van der Waals surface area contributed by atoms with E-state index < -0.39 is 0 Å². The summed E-state index contributed by atoms with van der Waals surface area (Å²) in [6, 6.07) is 15.1. The highest BCUT2D eigenvalue weighted by molar-refractivity contribution is 5.98. The molecular formula is C21H24N2O4. The van der Waals surface area contributed by atoms with E-state index in [1.807, 2.05) is 55.5 Å². The monoisotopic (exact) mass is 368 g/mol. The van der Waals surface area contributed by atoms with Gasteiger partial charge >= 0.3 is 0 Å². The smallest absolute Gasteiger partial charge is 0.265 e. The first-order valence-corrected chi connectivity index (χ1v) is 9.06. The number of nitrogens with zero attached hydrogens (tertiary/aromatic N) is 2. The number of para-hydroxylation sites is 2. The molecule has 2 aromatic carbocycles. The lowest BCUT2D eigenvalue weighted by molar-refractivity contribution is -0.130. The third kappa shape index (κ3) is 4.58. The quantitative estimate of drug-likeness (QED) is 0.754.